The molecule has 0 atom stereocenters. The standard InChI is InChI=1S/C12H12N4/c1-3-11(4-2)15-5-7-16(8-6-15)12(9-13)10-14/h1-2,11-12H,5-8H2. The summed E-state index contributed by atoms with van der Waals surface area (Å²) in [5.74, 6) is 5.07. The minimum Gasteiger partial charge on any atom is -0.277 e. The van der Waals surface area contributed by atoms with Gasteiger partial charge in [0.05, 0.1) is 12.1 Å². The van der Waals surface area contributed by atoms with Gasteiger partial charge in [-0.15, -0.1) is 12.8 Å². The fraction of sp³-hybridized carbons (Fsp3) is 0.500. The minimum absolute atomic E-state index is 0.287. The van der Waals surface area contributed by atoms with Gasteiger partial charge in [0.2, 0.25) is 0 Å². The van der Waals surface area contributed by atoms with E-state index in [2.05, 4.69) is 11.8 Å². The molecular formula is C12H12N4. The van der Waals surface area contributed by atoms with E-state index in [-0.39, 0.29) is 6.04 Å². The highest BCUT2D eigenvalue weighted by molar-refractivity contribution is 5.17. The van der Waals surface area contributed by atoms with E-state index in [1.165, 1.54) is 0 Å². The van der Waals surface area contributed by atoms with Gasteiger partial charge in [-0.25, -0.2) is 0 Å². The van der Waals surface area contributed by atoms with E-state index < -0.39 is 6.04 Å². The molecule has 80 valence electrons. The number of hydrogen-bond donors (Lipinski definition) is 0. The highest BCUT2D eigenvalue weighted by Gasteiger charge is 2.25. The lowest BCUT2D eigenvalue weighted by Crippen LogP contribution is -2.52. The molecule has 0 aliphatic carbocycles. The van der Waals surface area contributed by atoms with Crippen LogP contribution in [0.3, 0.4) is 0 Å². The van der Waals surface area contributed by atoms with Gasteiger partial charge in [0.1, 0.15) is 6.04 Å². The monoisotopic (exact) mass is 212 g/mol. The number of hydrogen-bond acceptors (Lipinski definition) is 4. The van der Waals surface area contributed by atoms with Crippen LogP contribution < -0.4 is 0 Å². The Kier molecular flexibility index (Phi) is 4.38. The first-order chi connectivity index (χ1) is 7.76. The molecule has 1 fully saturated rings. The zero-order valence-corrected chi connectivity index (χ0v) is 8.93. The van der Waals surface area contributed by atoms with Gasteiger partial charge in [-0.3, -0.25) is 9.80 Å². The van der Waals surface area contributed by atoms with E-state index in [4.69, 9.17) is 23.4 Å². The first-order valence-corrected chi connectivity index (χ1v) is 4.96. The van der Waals surface area contributed by atoms with Gasteiger partial charge >= 0.3 is 0 Å². The third-order valence-electron chi connectivity index (χ3n) is 2.64. The molecule has 1 aliphatic heterocycles. The molecule has 1 rings (SSSR count). The van der Waals surface area contributed by atoms with Crippen molar-refractivity contribution in [2.75, 3.05) is 26.2 Å². The van der Waals surface area contributed by atoms with Gasteiger partial charge in [-0.1, -0.05) is 11.8 Å². The third-order valence-corrected chi connectivity index (χ3v) is 2.64. The number of nitriles is 2. The van der Waals surface area contributed by atoms with Crippen LogP contribution in [0.5, 0.6) is 0 Å². The summed E-state index contributed by atoms with van der Waals surface area (Å²) in [6.07, 6.45) is 10.6. The van der Waals surface area contributed by atoms with E-state index in [9.17, 15) is 0 Å². The molecule has 1 heterocycles. The van der Waals surface area contributed by atoms with Gasteiger partial charge in [-0.05, 0) is 0 Å². The highest BCUT2D eigenvalue weighted by Crippen LogP contribution is 2.08. The van der Waals surface area contributed by atoms with Gasteiger partial charge in [-0.2, -0.15) is 10.5 Å². The average molecular weight is 212 g/mol. The van der Waals surface area contributed by atoms with E-state index in [0.29, 0.717) is 26.2 Å². The molecule has 0 aromatic carbocycles. The molecule has 0 spiro atoms. The summed E-state index contributed by atoms with van der Waals surface area (Å²) in [4.78, 5) is 3.84. The predicted molar refractivity (Wildman–Crippen MR) is 59.6 cm³/mol. The van der Waals surface area contributed by atoms with Crippen molar-refractivity contribution in [3.8, 4) is 36.8 Å². The summed E-state index contributed by atoms with van der Waals surface area (Å²) < 4.78 is 0. The van der Waals surface area contributed by atoms with Crippen LogP contribution in [0.4, 0.5) is 0 Å². The Morgan fingerprint density at radius 1 is 0.812 bits per heavy atom. The molecule has 16 heavy (non-hydrogen) atoms. The first kappa shape index (κ1) is 12.1. The lowest BCUT2D eigenvalue weighted by molar-refractivity contribution is 0.125. The van der Waals surface area contributed by atoms with Crippen LogP contribution in [0.1, 0.15) is 0 Å². The van der Waals surface area contributed by atoms with Gasteiger partial charge in [0.15, 0.2) is 6.04 Å². The topological polar surface area (TPSA) is 54.1 Å². The molecular weight excluding hydrogens is 200 g/mol. The Morgan fingerprint density at radius 3 is 1.50 bits per heavy atom. The Morgan fingerprint density at radius 2 is 1.19 bits per heavy atom. The highest BCUT2D eigenvalue weighted by atomic mass is 15.3. The van der Waals surface area contributed by atoms with Crippen molar-refractivity contribution in [1.82, 2.24) is 9.80 Å². The Labute approximate surface area is 96.1 Å². The van der Waals surface area contributed by atoms with Crippen LogP contribution in [0.2, 0.25) is 0 Å². The minimum atomic E-state index is -0.669. The fourth-order valence-corrected chi connectivity index (χ4v) is 1.70. The average Bonchev–Trinajstić information content (AvgIpc) is 2.34. The summed E-state index contributed by atoms with van der Waals surface area (Å²) in [5, 5.41) is 17.5. The quantitative estimate of drug-likeness (QED) is 0.587. The van der Waals surface area contributed by atoms with E-state index in [1.54, 1.807) is 0 Å². The van der Waals surface area contributed by atoms with Crippen LogP contribution in [0, 0.1) is 47.3 Å². The molecule has 1 saturated heterocycles. The van der Waals surface area contributed by atoms with E-state index in [1.807, 2.05) is 21.9 Å². The van der Waals surface area contributed by atoms with Gasteiger partial charge < -0.3 is 0 Å². The van der Waals surface area contributed by atoms with Crippen LogP contribution in [-0.2, 0) is 0 Å². The Balaban J connectivity index is 2.54. The van der Waals surface area contributed by atoms with Crippen molar-refractivity contribution in [3.05, 3.63) is 0 Å². The zero-order valence-electron chi connectivity index (χ0n) is 8.93. The molecule has 0 amide bonds. The van der Waals surface area contributed by atoms with Crippen LogP contribution >= 0.6 is 0 Å². The summed E-state index contributed by atoms with van der Waals surface area (Å²) in [5.41, 5.74) is 0. The van der Waals surface area contributed by atoms with Crippen molar-refractivity contribution in [3.63, 3.8) is 0 Å². The molecule has 0 bridgehead atoms. The molecule has 0 unspecified atom stereocenters. The second-order valence-corrected chi connectivity index (χ2v) is 3.47. The SMILES string of the molecule is C#CC(C#C)N1CCN(C(C#N)C#N)CC1. The number of rotatable bonds is 2. The largest absolute Gasteiger partial charge is 0.277 e. The second-order valence-electron chi connectivity index (χ2n) is 3.47. The predicted octanol–water partition coefficient (Wildman–Crippen LogP) is -0.345. The molecule has 0 saturated carbocycles. The molecule has 0 radical (unpaired) electrons. The van der Waals surface area contributed by atoms with E-state index >= 15 is 0 Å². The first-order valence-electron chi connectivity index (χ1n) is 4.96. The summed E-state index contributed by atoms with van der Waals surface area (Å²) in [7, 11) is 0. The maximum absolute atomic E-state index is 8.75. The normalized spacial score (nSPS) is 17.4. The molecule has 4 nitrogen and oxygen atoms in total. The molecule has 0 N–H and O–H groups in total. The zero-order chi connectivity index (χ0) is 12.0. The van der Waals surface area contributed by atoms with Crippen molar-refractivity contribution >= 4 is 0 Å². The second kappa shape index (κ2) is 5.79. The van der Waals surface area contributed by atoms with Crippen molar-refractivity contribution in [1.29, 1.82) is 10.5 Å². The summed E-state index contributed by atoms with van der Waals surface area (Å²) in [6, 6.07) is 2.96. The maximum Gasteiger partial charge on any atom is 0.186 e. The summed E-state index contributed by atoms with van der Waals surface area (Å²) >= 11 is 0. The Hall–Kier alpha value is -1.98. The van der Waals surface area contributed by atoms with Crippen LogP contribution in [0.15, 0.2) is 0 Å². The molecule has 0 aromatic rings. The number of piperazine rings is 1. The number of terminal acetylenes is 2. The number of nitrogens with zero attached hydrogens (tertiary/aromatic N) is 4. The Bertz CT molecular complexity index is 325. The third kappa shape index (κ3) is 2.53. The van der Waals surface area contributed by atoms with Gasteiger partial charge in [0.25, 0.3) is 0 Å². The lowest BCUT2D eigenvalue weighted by atomic mass is 10.2. The van der Waals surface area contributed by atoms with Crippen molar-refractivity contribution in [2.45, 2.75) is 12.1 Å². The van der Waals surface area contributed by atoms with Gasteiger partial charge in [0, 0.05) is 26.2 Å². The van der Waals surface area contributed by atoms with Crippen LogP contribution in [0.25, 0.3) is 0 Å². The smallest absolute Gasteiger partial charge is 0.186 e. The molecule has 1 aliphatic rings. The van der Waals surface area contributed by atoms with E-state index in [0.717, 1.165) is 0 Å². The molecule has 4 heteroatoms. The van der Waals surface area contributed by atoms with Crippen molar-refractivity contribution < 1.29 is 0 Å². The lowest BCUT2D eigenvalue weighted by Gasteiger charge is -2.36. The molecule has 0 aromatic heterocycles. The van der Waals surface area contributed by atoms with Crippen LogP contribution in [-0.4, -0.2) is 48.1 Å². The fourth-order valence-electron chi connectivity index (χ4n) is 1.70. The maximum atomic E-state index is 8.75. The summed E-state index contributed by atoms with van der Waals surface area (Å²) in [6.45, 7) is 2.68. The van der Waals surface area contributed by atoms with Crippen molar-refractivity contribution in [2.24, 2.45) is 0 Å².